The zero-order valence-corrected chi connectivity index (χ0v) is 26.0. The summed E-state index contributed by atoms with van der Waals surface area (Å²) in [7, 11) is 0. The number of aryl methyl sites for hydroxylation is 4. The zero-order chi connectivity index (χ0) is 32.8. The van der Waals surface area contributed by atoms with Crippen molar-refractivity contribution in [3.05, 3.63) is 129 Å². The second kappa shape index (κ2) is 13.7. The molecule has 46 heavy (non-hydrogen) atoms. The van der Waals surface area contributed by atoms with Gasteiger partial charge in [0.15, 0.2) is 0 Å². The first-order valence-electron chi connectivity index (χ1n) is 14.6. The molecule has 0 saturated carbocycles. The van der Waals surface area contributed by atoms with Crippen LogP contribution in [0.1, 0.15) is 44.5 Å². The van der Waals surface area contributed by atoms with Crippen molar-refractivity contribution in [3.8, 4) is 23.0 Å². The Morgan fingerprint density at radius 2 is 0.587 bits per heavy atom. The van der Waals surface area contributed by atoms with Crippen LogP contribution in [-0.2, 0) is 0 Å². The quantitative estimate of drug-likeness (QED) is 0.131. The highest BCUT2D eigenvalue weighted by atomic mass is 16.3. The van der Waals surface area contributed by atoms with Crippen molar-refractivity contribution in [2.24, 2.45) is 20.0 Å². The van der Waals surface area contributed by atoms with Crippen molar-refractivity contribution in [2.45, 2.75) is 27.7 Å². The number of phenolic OH excluding ortho intramolecular Hbond substituents is 4. The summed E-state index contributed by atoms with van der Waals surface area (Å²) in [4.78, 5) is 18.7. The summed E-state index contributed by atoms with van der Waals surface area (Å²) in [5.74, 6) is 0.475. The highest BCUT2D eigenvalue weighted by Crippen LogP contribution is 2.41. The minimum atomic E-state index is 0.119. The molecule has 5 aromatic rings. The van der Waals surface area contributed by atoms with Gasteiger partial charge in [0, 0.05) is 47.1 Å². The topological polar surface area (TPSA) is 130 Å². The van der Waals surface area contributed by atoms with Gasteiger partial charge in [-0.25, -0.2) is 0 Å². The van der Waals surface area contributed by atoms with E-state index >= 15 is 0 Å². The van der Waals surface area contributed by atoms with Crippen LogP contribution < -0.4 is 0 Å². The van der Waals surface area contributed by atoms with E-state index in [4.69, 9.17) is 0 Å². The molecule has 0 radical (unpaired) electrons. The van der Waals surface area contributed by atoms with E-state index in [9.17, 15) is 20.4 Å². The molecule has 0 unspecified atom stereocenters. The van der Waals surface area contributed by atoms with Crippen molar-refractivity contribution < 1.29 is 20.4 Å². The van der Waals surface area contributed by atoms with E-state index in [-0.39, 0.29) is 23.0 Å². The van der Waals surface area contributed by atoms with E-state index in [1.54, 1.807) is 61.3 Å². The molecule has 5 aromatic carbocycles. The lowest BCUT2D eigenvalue weighted by Crippen LogP contribution is -1.88. The van der Waals surface area contributed by atoms with Gasteiger partial charge < -0.3 is 20.4 Å². The fraction of sp³-hybridized carbons (Fsp3) is 0.105. The number of aliphatic imine (C=N–C) groups is 4. The first kappa shape index (κ1) is 31.4. The molecule has 0 heterocycles. The number of hydrogen-bond acceptors (Lipinski definition) is 8. The number of phenols is 4. The molecule has 0 amide bonds. The first-order valence-corrected chi connectivity index (χ1v) is 14.6. The number of benzene rings is 5. The zero-order valence-electron chi connectivity index (χ0n) is 26.0. The minimum Gasteiger partial charge on any atom is -0.507 e. The molecule has 0 bridgehead atoms. The highest BCUT2D eigenvalue weighted by molar-refractivity contribution is 5.95. The third-order valence-electron chi connectivity index (χ3n) is 7.52. The molecule has 0 saturated heterocycles. The lowest BCUT2D eigenvalue weighted by atomic mass is 10.1. The summed E-state index contributed by atoms with van der Waals surface area (Å²) in [5.41, 5.74) is 6.63. The Hall–Kier alpha value is -6.02. The summed E-state index contributed by atoms with van der Waals surface area (Å²) >= 11 is 0. The van der Waals surface area contributed by atoms with Crippen molar-refractivity contribution in [2.75, 3.05) is 0 Å². The van der Waals surface area contributed by atoms with E-state index in [0.29, 0.717) is 67.3 Å². The molecule has 0 aromatic heterocycles. The number of aromatic hydroxyl groups is 4. The standard InChI is InChI=1S/C38H34N4O4/c1-23-9-5-13-27(35(23)43)19-39-31-17-33(41-21-29-15-7-11-25(3)37(29)45)34(42-22-30-16-8-12-26(4)38(30)46)18-32(31)40-20-28-14-6-10-24(2)36(28)44/h5-22,43-46H,1-4H3. The summed E-state index contributed by atoms with van der Waals surface area (Å²) in [6.07, 6.45) is 6.20. The minimum absolute atomic E-state index is 0.119. The molecule has 5 rings (SSSR count). The molecule has 8 heteroatoms. The van der Waals surface area contributed by atoms with Gasteiger partial charge in [-0.2, -0.15) is 0 Å². The molecule has 0 spiro atoms. The Kier molecular flexibility index (Phi) is 9.38. The van der Waals surface area contributed by atoms with Crippen molar-refractivity contribution in [1.82, 2.24) is 0 Å². The summed E-state index contributed by atoms with van der Waals surface area (Å²) < 4.78 is 0. The number of nitrogens with zero attached hydrogens (tertiary/aromatic N) is 4. The molecule has 0 aliphatic heterocycles. The Morgan fingerprint density at radius 1 is 0.370 bits per heavy atom. The van der Waals surface area contributed by atoms with Crippen LogP contribution >= 0.6 is 0 Å². The highest BCUT2D eigenvalue weighted by Gasteiger charge is 2.11. The van der Waals surface area contributed by atoms with Crippen LogP contribution in [0.15, 0.2) is 105 Å². The fourth-order valence-electron chi connectivity index (χ4n) is 4.67. The molecular formula is C38H34N4O4. The molecule has 0 atom stereocenters. The molecule has 8 nitrogen and oxygen atoms in total. The third kappa shape index (κ3) is 7.03. The second-order valence-electron chi connectivity index (χ2n) is 10.9. The van der Waals surface area contributed by atoms with Crippen LogP contribution in [0.3, 0.4) is 0 Å². The van der Waals surface area contributed by atoms with Crippen LogP contribution in [0.5, 0.6) is 23.0 Å². The third-order valence-corrected chi connectivity index (χ3v) is 7.52. The predicted molar refractivity (Wildman–Crippen MR) is 187 cm³/mol. The van der Waals surface area contributed by atoms with E-state index in [0.717, 1.165) is 0 Å². The number of hydrogen-bond donors (Lipinski definition) is 4. The average molecular weight is 611 g/mol. The van der Waals surface area contributed by atoms with Crippen LogP contribution in [0.4, 0.5) is 22.7 Å². The molecule has 0 aliphatic rings. The van der Waals surface area contributed by atoms with Gasteiger partial charge in [0.1, 0.15) is 23.0 Å². The Balaban J connectivity index is 1.69. The van der Waals surface area contributed by atoms with Crippen LogP contribution in [-0.4, -0.2) is 45.3 Å². The SMILES string of the molecule is Cc1cccc(C=Nc2cc(N=Cc3cccc(C)c3O)c(N=Cc3cccc(C)c3O)cc2N=Cc2cccc(C)c2O)c1O. The Labute approximate surface area is 267 Å². The smallest absolute Gasteiger partial charge is 0.127 e. The van der Waals surface area contributed by atoms with E-state index < -0.39 is 0 Å². The molecule has 0 fully saturated rings. The number of rotatable bonds is 8. The van der Waals surface area contributed by atoms with E-state index in [2.05, 4.69) is 20.0 Å². The van der Waals surface area contributed by atoms with Gasteiger partial charge in [-0.05, 0) is 86.3 Å². The Morgan fingerprint density at radius 3 is 0.804 bits per heavy atom. The molecular weight excluding hydrogens is 576 g/mol. The normalized spacial score (nSPS) is 11.9. The van der Waals surface area contributed by atoms with Crippen molar-refractivity contribution >= 4 is 47.6 Å². The molecule has 4 N–H and O–H groups in total. The van der Waals surface area contributed by atoms with Gasteiger partial charge in [-0.15, -0.1) is 0 Å². The van der Waals surface area contributed by atoms with Gasteiger partial charge in [0.2, 0.25) is 0 Å². The van der Waals surface area contributed by atoms with Crippen molar-refractivity contribution in [3.63, 3.8) is 0 Å². The van der Waals surface area contributed by atoms with Gasteiger partial charge >= 0.3 is 0 Å². The maximum Gasteiger partial charge on any atom is 0.127 e. The maximum atomic E-state index is 10.6. The van der Waals surface area contributed by atoms with Gasteiger partial charge in [-0.1, -0.05) is 48.5 Å². The summed E-state index contributed by atoms with van der Waals surface area (Å²) in [6.45, 7) is 7.23. The summed E-state index contributed by atoms with van der Waals surface area (Å²) in [6, 6.07) is 25.0. The van der Waals surface area contributed by atoms with Crippen LogP contribution in [0.2, 0.25) is 0 Å². The van der Waals surface area contributed by atoms with Crippen molar-refractivity contribution in [1.29, 1.82) is 0 Å². The molecule has 230 valence electrons. The Bertz CT molecular complexity index is 1760. The van der Waals surface area contributed by atoms with Gasteiger partial charge in [0.25, 0.3) is 0 Å². The predicted octanol–water partition coefficient (Wildman–Crippen LogP) is 8.75. The number of para-hydroxylation sites is 4. The van der Waals surface area contributed by atoms with Gasteiger partial charge in [-0.3, -0.25) is 20.0 Å². The fourth-order valence-corrected chi connectivity index (χ4v) is 4.67. The van der Waals surface area contributed by atoms with E-state index in [1.807, 2.05) is 76.2 Å². The maximum absolute atomic E-state index is 10.6. The average Bonchev–Trinajstić information content (AvgIpc) is 3.04. The monoisotopic (exact) mass is 610 g/mol. The van der Waals surface area contributed by atoms with Gasteiger partial charge in [0.05, 0.1) is 22.7 Å². The van der Waals surface area contributed by atoms with Crippen LogP contribution in [0, 0.1) is 27.7 Å². The van der Waals surface area contributed by atoms with E-state index in [1.165, 1.54) is 0 Å². The van der Waals surface area contributed by atoms with Crippen LogP contribution in [0.25, 0.3) is 0 Å². The molecule has 0 aliphatic carbocycles. The largest absolute Gasteiger partial charge is 0.507 e. The lowest BCUT2D eigenvalue weighted by molar-refractivity contribution is 0.470. The first-order chi connectivity index (χ1) is 22.1. The second-order valence-corrected chi connectivity index (χ2v) is 10.9. The lowest BCUT2D eigenvalue weighted by Gasteiger charge is -2.09. The summed E-state index contributed by atoms with van der Waals surface area (Å²) in [5, 5.41) is 42.4.